The van der Waals surface area contributed by atoms with E-state index in [9.17, 15) is 20.4 Å². The Bertz CT molecular complexity index is 2020. The lowest BCUT2D eigenvalue weighted by Crippen LogP contribution is -2.52. The van der Waals surface area contributed by atoms with Gasteiger partial charge in [-0.3, -0.25) is 0 Å². The molecule has 6 nitrogen and oxygen atoms in total. The number of fused-ring (bicyclic) bond motifs is 10. The van der Waals surface area contributed by atoms with Crippen molar-refractivity contribution in [3.8, 4) is 0 Å². The predicted molar refractivity (Wildman–Crippen MR) is 289 cm³/mol. The van der Waals surface area contributed by atoms with Gasteiger partial charge in [-0.05, 0) is 152 Å². The van der Waals surface area contributed by atoms with E-state index >= 15 is 0 Å². The molecule has 8 aliphatic carbocycles. The van der Waals surface area contributed by atoms with Gasteiger partial charge in [0.15, 0.2) is 0 Å². The number of hydrogen-bond donors (Lipinski definition) is 4. The molecule has 14 atom stereocenters. The molecule has 2 radical (unpaired) electrons. The summed E-state index contributed by atoms with van der Waals surface area (Å²) >= 11 is 2.23. The first-order valence-electron chi connectivity index (χ1n) is 28.5. The Morgan fingerprint density at radius 1 is 0.676 bits per heavy atom. The molecule has 378 valence electrons. The van der Waals surface area contributed by atoms with E-state index in [4.69, 9.17) is 11.0 Å². The van der Waals surface area contributed by atoms with Crippen molar-refractivity contribution < 1.29 is 28.8 Å². The summed E-state index contributed by atoms with van der Waals surface area (Å²) in [5, 5.41) is 42.7. The molecule has 0 saturated heterocycles. The van der Waals surface area contributed by atoms with Gasteiger partial charge in [0.1, 0.15) is 0 Å². The Morgan fingerprint density at radius 2 is 1.15 bits per heavy atom. The molecule has 0 aromatic carbocycles. The van der Waals surface area contributed by atoms with Crippen molar-refractivity contribution >= 4 is 38.0 Å². The first kappa shape index (κ1) is 51.9. The normalized spacial score (nSPS) is 38.6. The van der Waals surface area contributed by atoms with Crippen LogP contribution in [0.4, 0.5) is 0 Å². The Hall–Kier alpha value is -0.970. The van der Waals surface area contributed by atoms with Crippen molar-refractivity contribution in [2.45, 2.75) is 233 Å². The van der Waals surface area contributed by atoms with Crippen LogP contribution in [0.2, 0.25) is 0 Å². The molecule has 0 aromatic rings. The highest BCUT2D eigenvalue weighted by Gasteiger charge is 2.59. The molecule has 8 rings (SSSR count). The number of allylic oxidation sites excluding steroid dienone is 10. The van der Waals surface area contributed by atoms with Gasteiger partial charge in [-0.1, -0.05) is 176 Å². The SMILES string of the molecule is CCC(O)(CC)CCC[C@H](C)C1=CCC2C3=CC=C4C[C@@H](O)C[C@H](O)[C@]4(C)C3CC[C@]12C.[3H][B]SO[C@@H]1CC2=CC=C3C(CC[C@]4(C)C([C@@H](C)CCCC(O)(CC)CC)=CCC34)[C@@]2(C)[C@@H](OS[B][3H])C1. The Kier molecular flexibility index (Phi) is 16.7. The van der Waals surface area contributed by atoms with Crippen LogP contribution in [-0.4, -0.2) is 72.9 Å². The summed E-state index contributed by atoms with van der Waals surface area (Å²) in [6.45, 7) is 22.8. The smallest absolute Gasteiger partial charge is 0.209 e. The minimum absolute atomic E-state index is 0.0136. The first-order chi connectivity index (χ1) is 33.2. The highest BCUT2D eigenvalue weighted by Crippen LogP contribution is 2.67. The fraction of sp³-hybridized carbons (Fsp3) is 0.793. The minimum atomic E-state index is -0.502. The summed E-state index contributed by atoms with van der Waals surface area (Å²) in [7, 11) is 2.52. The van der Waals surface area contributed by atoms with E-state index in [0.717, 1.165) is 127 Å². The Morgan fingerprint density at radius 3 is 1.63 bits per heavy atom. The molecule has 0 aliphatic heterocycles. The van der Waals surface area contributed by atoms with Crippen LogP contribution in [0.25, 0.3) is 0 Å². The van der Waals surface area contributed by atoms with Crippen molar-refractivity contribution in [3.05, 3.63) is 69.9 Å². The summed E-state index contributed by atoms with van der Waals surface area (Å²) in [4.78, 5) is 0. The standard InChI is InChI=1S/C29H46B2O3S2.C29H46O3/c1-6-29(32,7-2)15-8-9-19(3)23-12-13-24-22-11-10-20-17-21(33-35-30)18-26(34-36-31)28(20,5)25(22)14-16-27(23,24)4;1-6-29(32,7-2)15-8-9-19(3)23-12-13-24-22-11-10-20-17-21(30)18-26(31)28(20,5)25(22)14-16-27(23,24)4/h10-12,19,21,24-26,30-32H,6-9,13-18H2,1-5H3;10-12,19,21,24-26,30-32H,6-9,13-18H2,1-5H3/t2*19-,21+,24?,25?,26-,27+,28-/m00/s1/i30T,31T;. The summed E-state index contributed by atoms with van der Waals surface area (Å²) < 4.78 is 27.1. The number of rotatable bonds is 20. The topological polar surface area (TPSA) is 99.4 Å². The zero-order chi connectivity index (χ0) is 50.9. The van der Waals surface area contributed by atoms with E-state index in [1.807, 2.05) is 0 Å². The van der Waals surface area contributed by atoms with Gasteiger partial charge in [0.2, 0.25) is 14.2 Å². The van der Waals surface area contributed by atoms with Crippen molar-refractivity contribution in [2.24, 2.45) is 57.2 Å². The second-order valence-electron chi connectivity index (χ2n) is 24.2. The van der Waals surface area contributed by atoms with Crippen LogP contribution in [-0.2, 0) is 8.37 Å². The molecule has 0 bridgehead atoms. The van der Waals surface area contributed by atoms with Gasteiger partial charge in [0, 0.05) is 23.7 Å². The molecule has 0 amide bonds. The van der Waals surface area contributed by atoms with Gasteiger partial charge in [-0.15, -0.1) is 0 Å². The zero-order valence-corrected chi connectivity index (χ0v) is 45.6. The number of aliphatic hydroxyl groups is 4. The van der Waals surface area contributed by atoms with E-state index in [0.29, 0.717) is 48.3 Å². The minimum Gasteiger partial charge on any atom is -0.393 e. The molecular formula is C58H92B2O6S2. The maximum Gasteiger partial charge on any atom is 0.209 e. The lowest BCUT2D eigenvalue weighted by Gasteiger charge is -2.57. The summed E-state index contributed by atoms with van der Waals surface area (Å²) in [5.74, 6) is 3.02. The number of aliphatic hydroxyl groups excluding tert-OH is 2. The average Bonchev–Trinajstić information content (AvgIpc) is 3.90. The maximum absolute atomic E-state index is 11.1. The highest BCUT2D eigenvalue weighted by atomic mass is 32.2. The van der Waals surface area contributed by atoms with Gasteiger partial charge in [-0.2, -0.15) is 0 Å². The van der Waals surface area contributed by atoms with Crippen LogP contribution < -0.4 is 0 Å². The molecule has 8 aliphatic rings. The molecule has 0 spiro atoms. The van der Waals surface area contributed by atoms with Gasteiger partial charge in [0.25, 0.3) is 0 Å². The van der Waals surface area contributed by atoms with E-state index in [1.54, 1.807) is 22.3 Å². The van der Waals surface area contributed by atoms with Crippen LogP contribution in [0, 0.1) is 57.2 Å². The average molecular weight is 975 g/mol. The van der Waals surface area contributed by atoms with Gasteiger partial charge in [-0.25, -0.2) is 0 Å². The largest absolute Gasteiger partial charge is 0.393 e. The van der Waals surface area contributed by atoms with Gasteiger partial charge >= 0.3 is 0 Å². The van der Waals surface area contributed by atoms with Crippen LogP contribution >= 0.6 is 23.8 Å². The summed E-state index contributed by atoms with van der Waals surface area (Å²) in [6.07, 6.45) is 32.9. The monoisotopic (exact) mass is 975 g/mol. The molecule has 4 unspecified atom stereocenters. The number of hydrogen-bond acceptors (Lipinski definition) is 8. The highest BCUT2D eigenvalue weighted by molar-refractivity contribution is 8.16. The molecule has 10 heteroatoms. The van der Waals surface area contributed by atoms with Crippen molar-refractivity contribution in [1.29, 1.82) is 2.67 Å². The van der Waals surface area contributed by atoms with Crippen LogP contribution in [0.1, 0.15) is 198 Å². The van der Waals surface area contributed by atoms with Gasteiger partial charge in [0.05, 0.1) is 35.6 Å². The molecule has 4 saturated carbocycles. The van der Waals surface area contributed by atoms with Crippen molar-refractivity contribution in [2.75, 3.05) is 0 Å². The molecule has 4 fully saturated rings. The molecule has 0 heterocycles. The Balaban J connectivity index is 0.000000209. The quantitative estimate of drug-likeness (QED) is 0.0544. The molecule has 0 aromatic heterocycles. The van der Waals surface area contributed by atoms with E-state index < -0.39 is 23.4 Å². The van der Waals surface area contributed by atoms with E-state index in [1.165, 1.54) is 38.2 Å². The fourth-order valence-electron chi connectivity index (χ4n) is 16.2. The van der Waals surface area contributed by atoms with E-state index in [-0.39, 0.29) is 33.9 Å². The Labute approximate surface area is 427 Å². The summed E-state index contributed by atoms with van der Waals surface area (Å²) in [5.41, 5.74) is 8.17. The van der Waals surface area contributed by atoms with Crippen LogP contribution in [0.15, 0.2) is 69.9 Å². The second kappa shape index (κ2) is 21.9. The third kappa shape index (κ3) is 10.0. The molecule has 4 N–H and O–H groups in total. The predicted octanol–water partition coefficient (Wildman–Crippen LogP) is 13.2. The van der Waals surface area contributed by atoms with Crippen LogP contribution in [0.3, 0.4) is 0 Å². The third-order valence-corrected chi connectivity index (χ3v) is 21.9. The third-order valence-electron chi connectivity index (χ3n) is 21.2. The van der Waals surface area contributed by atoms with Gasteiger partial charge < -0.3 is 28.8 Å². The fourth-order valence-corrected chi connectivity index (χ4v) is 16.9. The van der Waals surface area contributed by atoms with Crippen molar-refractivity contribution in [3.63, 3.8) is 0 Å². The van der Waals surface area contributed by atoms with E-state index in [2.05, 4.69) is 106 Å². The lowest BCUT2D eigenvalue weighted by molar-refractivity contribution is -0.0492. The molecule has 68 heavy (non-hydrogen) atoms. The first-order valence-corrected chi connectivity index (χ1v) is 28.9. The zero-order valence-electron chi connectivity index (χ0n) is 46.0. The second-order valence-corrected chi connectivity index (χ2v) is 25.0. The van der Waals surface area contributed by atoms with Crippen molar-refractivity contribution in [1.82, 2.24) is 0 Å². The summed E-state index contributed by atoms with van der Waals surface area (Å²) in [6, 6.07) is 0. The van der Waals surface area contributed by atoms with Crippen LogP contribution in [0.5, 0.6) is 0 Å². The maximum atomic E-state index is 11.1. The molecular weight excluding hydrogens is 878 g/mol. The lowest BCUT2D eigenvalue weighted by atomic mass is 9.49.